The van der Waals surface area contributed by atoms with Crippen LogP contribution in [0.25, 0.3) is 0 Å². The number of phenolic OH excluding ortho intramolecular Hbond substituents is 1. The van der Waals surface area contributed by atoms with Gasteiger partial charge in [-0.1, -0.05) is 30.1 Å². The van der Waals surface area contributed by atoms with Crippen LogP contribution in [0.15, 0.2) is 81.1 Å². The first-order valence-electron chi connectivity index (χ1n) is 17.9. The van der Waals surface area contributed by atoms with Crippen LogP contribution in [-0.2, 0) is 10.1 Å². The smallest absolute Gasteiger partial charge is 0.335 e. The Morgan fingerprint density at radius 2 is 1.11 bits per heavy atom. The van der Waals surface area contributed by atoms with Crippen molar-refractivity contribution in [1.82, 2.24) is 15.0 Å². The molecule has 24 nitrogen and oxygen atoms in total. The van der Waals surface area contributed by atoms with Gasteiger partial charge < -0.3 is 51.3 Å². The molecule has 27 heteroatoms. The van der Waals surface area contributed by atoms with Crippen LogP contribution in [0.2, 0.25) is 10.0 Å². The van der Waals surface area contributed by atoms with E-state index in [2.05, 4.69) is 51.4 Å². The van der Waals surface area contributed by atoms with Gasteiger partial charge in [0.25, 0.3) is 10.1 Å². The third-order valence-electron chi connectivity index (χ3n) is 8.10. The minimum absolute atomic E-state index is 0.0287. The fraction of sp³-hybridized carbons (Fsp3) is 0.162. The molecule has 4 aromatic carbocycles. The molecule has 1 atom stereocenters. The summed E-state index contributed by atoms with van der Waals surface area (Å²) in [5.41, 5.74) is -2.05. The molecular formula is C37H32Cl2N10O14S. The number of azo groups is 2. The van der Waals surface area contributed by atoms with Crippen molar-refractivity contribution in [1.29, 1.82) is 0 Å². The van der Waals surface area contributed by atoms with Gasteiger partial charge in [0.05, 0.1) is 67.4 Å². The number of nitrogens with zero attached hydrogens (tertiary/aromatic N) is 7. The first-order chi connectivity index (χ1) is 30.2. The second-order valence-electron chi connectivity index (χ2n) is 12.9. The van der Waals surface area contributed by atoms with Crippen molar-refractivity contribution in [3.8, 4) is 11.5 Å². The highest BCUT2D eigenvalue weighted by molar-refractivity contribution is 7.85. The summed E-state index contributed by atoms with van der Waals surface area (Å²) in [5, 5.41) is 82.7. The van der Waals surface area contributed by atoms with Crippen molar-refractivity contribution in [2.24, 2.45) is 20.5 Å². The SMILES string of the molecule is CCC(O)Nc1nc(Nc2cc(Cl)c(N=Nc3cc(C(=O)O)cc(C(=O)O)c3)cc2O)nc(Nc2cc(Cl)c(N=Nc3cc(C(=O)O)cc(C(=O)O)c3)cc2OCCCS(=O)(=O)O)n1. The van der Waals surface area contributed by atoms with E-state index in [-0.39, 0.29) is 109 Å². The van der Waals surface area contributed by atoms with E-state index in [1.165, 1.54) is 18.2 Å². The summed E-state index contributed by atoms with van der Waals surface area (Å²) in [5.74, 6) is -7.57. The van der Waals surface area contributed by atoms with E-state index in [0.717, 1.165) is 42.5 Å². The fourth-order valence-corrected chi connectivity index (χ4v) is 5.97. The summed E-state index contributed by atoms with van der Waals surface area (Å²) in [6.07, 6.45) is -1.13. The van der Waals surface area contributed by atoms with Gasteiger partial charge in [-0.3, -0.25) is 4.55 Å². The van der Waals surface area contributed by atoms with Gasteiger partial charge in [-0.15, -0.1) is 10.2 Å². The second-order valence-corrected chi connectivity index (χ2v) is 15.3. The summed E-state index contributed by atoms with van der Waals surface area (Å²) in [7, 11) is -4.36. The number of hydrogen-bond acceptors (Lipinski definition) is 19. The van der Waals surface area contributed by atoms with Crippen LogP contribution < -0.4 is 20.7 Å². The number of carboxylic acid groups (broad SMARTS) is 4. The zero-order valence-corrected chi connectivity index (χ0v) is 34.8. The molecule has 0 aliphatic carbocycles. The third-order valence-corrected chi connectivity index (χ3v) is 9.51. The monoisotopic (exact) mass is 942 g/mol. The number of aromatic hydroxyl groups is 1. The predicted molar refractivity (Wildman–Crippen MR) is 226 cm³/mol. The van der Waals surface area contributed by atoms with Gasteiger partial charge in [-0.2, -0.15) is 33.6 Å². The molecule has 0 amide bonds. The molecule has 0 saturated carbocycles. The number of nitrogens with one attached hydrogen (secondary N) is 3. The zero-order chi connectivity index (χ0) is 46.9. The fourth-order valence-electron chi connectivity index (χ4n) is 5.09. The average molecular weight is 944 g/mol. The highest BCUT2D eigenvalue weighted by Gasteiger charge is 2.19. The van der Waals surface area contributed by atoms with E-state index in [0.29, 0.717) is 0 Å². The van der Waals surface area contributed by atoms with Gasteiger partial charge >= 0.3 is 23.9 Å². The maximum Gasteiger partial charge on any atom is 0.335 e. The summed E-state index contributed by atoms with van der Waals surface area (Å²) < 4.78 is 37.7. The number of rotatable bonds is 20. The molecule has 5 rings (SSSR count). The first kappa shape index (κ1) is 47.5. The maximum absolute atomic E-state index is 11.6. The predicted octanol–water partition coefficient (Wildman–Crippen LogP) is 7.79. The first-order valence-corrected chi connectivity index (χ1v) is 20.3. The summed E-state index contributed by atoms with van der Waals surface area (Å²) >= 11 is 13.0. The number of benzene rings is 4. The largest absolute Gasteiger partial charge is 0.506 e. The van der Waals surface area contributed by atoms with Crippen molar-refractivity contribution in [3.63, 3.8) is 0 Å². The number of aromatic nitrogens is 3. The number of anilines is 5. The number of ether oxygens (including phenoxy) is 1. The maximum atomic E-state index is 11.6. The quantitative estimate of drug-likeness (QED) is 0.0117. The van der Waals surface area contributed by atoms with Crippen molar-refractivity contribution in [2.75, 3.05) is 28.3 Å². The lowest BCUT2D eigenvalue weighted by Gasteiger charge is -2.16. The number of carbonyl (C=O) groups is 4. The highest BCUT2D eigenvalue weighted by Crippen LogP contribution is 2.40. The van der Waals surface area contributed by atoms with E-state index in [9.17, 15) is 62.8 Å². The average Bonchev–Trinajstić information content (AvgIpc) is 3.22. The highest BCUT2D eigenvalue weighted by atomic mass is 35.5. The molecule has 5 aromatic rings. The topological polar surface area (TPSA) is 377 Å². The Bertz CT molecular complexity index is 2770. The molecule has 1 heterocycles. The molecule has 0 saturated heterocycles. The minimum atomic E-state index is -4.36. The van der Waals surface area contributed by atoms with Gasteiger partial charge in [-0.05, 0) is 61.4 Å². The van der Waals surface area contributed by atoms with E-state index < -0.39 is 51.7 Å². The van der Waals surface area contributed by atoms with Crippen LogP contribution in [0.3, 0.4) is 0 Å². The van der Waals surface area contributed by atoms with Gasteiger partial charge in [-0.25, -0.2) is 19.2 Å². The number of carboxylic acids is 4. The number of aliphatic hydroxyl groups excluding tert-OH is 1. The molecule has 64 heavy (non-hydrogen) atoms. The van der Waals surface area contributed by atoms with Crippen molar-refractivity contribution < 1.29 is 67.5 Å². The molecule has 1 aromatic heterocycles. The summed E-state index contributed by atoms with van der Waals surface area (Å²) in [6.45, 7) is 1.37. The molecule has 0 bridgehead atoms. The molecule has 0 aliphatic heterocycles. The molecule has 1 unspecified atom stereocenters. The third kappa shape index (κ3) is 13.2. The molecular weight excluding hydrogens is 911 g/mol. The standard InChI is InChI=1S/C37H32Cl2N10O14S/c1-2-30(51)42-37-44-35(40-26-12-22(38)24(14-28(26)50)48-46-20-8-16(31(52)53)6-17(9-20)32(54)55)43-36(45-37)41-27-13-23(39)25(15-29(27)63-4-3-5-64(60,61)62)49-47-21-10-18(33(56)57)7-19(11-21)34(58)59/h6-15,30,50-51H,2-5H2,1H3,(H,52,53)(H,54,55)(H,56,57)(H,58,59)(H,60,61,62)(H3,40,41,42,43,44,45). The zero-order valence-electron chi connectivity index (χ0n) is 32.5. The number of aliphatic hydroxyl groups is 1. The van der Waals surface area contributed by atoms with Gasteiger partial charge in [0.1, 0.15) is 29.1 Å². The lowest BCUT2D eigenvalue weighted by molar-refractivity contribution is 0.0676. The lowest BCUT2D eigenvalue weighted by Crippen LogP contribution is -2.20. The van der Waals surface area contributed by atoms with E-state index >= 15 is 0 Å². The summed E-state index contributed by atoms with van der Waals surface area (Å²) in [6, 6.07) is 11.0. The van der Waals surface area contributed by atoms with Crippen LogP contribution >= 0.6 is 23.2 Å². The van der Waals surface area contributed by atoms with Gasteiger partial charge in [0.15, 0.2) is 0 Å². The van der Waals surface area contributed by atoms with Crippen molar-refractivity contribution in [2.45, 2.75) is 26.0 Å². The number of aromatic carboxylic acids is 4. The molecule has 0 fully saturated rings. The number of halogens is 2. The number of hydrogen-bond donors (Lipinski definition) is 10. The Morgan fingerprint density at radius 3 is 1.56 bits per heavy atom. The van der Waals surface area contributed by atoms with E-state index in [4.69, 9.17) is 27.9 Å². The summed E-state index contributed by atoms with van der Waals surface area (Å²) in [4.78, 5) is 58.9. The molecule has 10 N–H and O–H groups in total. The molecule has 0 spiro atoms. The van der Waals surface area contributed by atoms with Crippen LogP contribution in [-0.4, -0.2) is 101 Å². The van der Waals surface area contributed by atoms with Gasteiger partial charge in [0.2, 0.25) is 17.8 Å². The number of phenols is 1. The Balaban J connectivity index is 1.49. The Morgan fingerprint density at radius 1 is 0.672 bits per heavy atom. The van der Waals surface area contributed by atoms with Crippen LogP contribution in [0.1, 0.15) is 61.2 Å². The van der Waals surface area contributed by atoms with Crippen LogP contribution in [0.4, 0.5) is 52.0 Å². The Labute approximate surface area is 369 Å². The molecule has 0 aliphatic rings. The normalized spacial score (nSPS) is 12.0. The van der Waals surface area contributed by atoms with E-state index in [1.807, 2.05) is 0 Å². The second kappa shape index (κ2) is 20.5. The van der Waals surface area contributed by atoms with Crippen molar-refractivity contribution in [3.05, 3.63) is 93.0 Å². The Kier molecular flexibility index (Phi) is 15.2. The van der Waals surface area contributed by atoms with Gasteiger partial charge in [0, 0.05) is 12.1 Å². The lowest BCUT2D eigenvalue weighted by atomic mass is 10.1. The van der Waals surface area contributed by atoms with Crippen molar-refractivity contribution >= 4 is 109 Å². The minimum Gasteiger partial charge on any atom is -0.506 e. The molecule has 0 radical (unpaired) electrons. The Hall–Kier alpha value is -7.58. The van der Waals surface area contributed by atoms with Crippen LogP contribution in [0.5, 0.6) is 11.5 Å². The van der Waals surface area contributed by atoms with Crippen LogP contribution in [0, 0.1) is 0 Å². The van der Waals surface area contributed by atoms with E-state index in [1.54, 1.807) is 6.92 Å². The molecule has 334 valence electrons.